The number of nitrogens with one attached hydrogen (secondary N) is 2. The van der Waals surface area contributed by atoms with E-state index in [0.717, 1.165) is 6.42 Å². The average Bonchev–Trinajstić information content (AvgIpc) is 3.58. The van der Waals surface area contributed by atoms with Crippen molar-refractivity contribution in [3.8, 4) is 0 Å². The number of rotatable bonds is 20. The number of hydrogen-bond donors (Lipinski definition) is 3. The van der Waals surface area contributed by atoms with Crippen LogP contribution >= 0.6 is 0 Å². The number of aliphatic hydroxyl groups is 1. The Kier molecular flexibility index (Phi) is 17.9. The van der Waals surface area contributed by atoms with Crippen molar-refractivity contribution in [2.45, 2.75) is 130 Å². The SMILES string of the molecule is CC[C@H](C)[C@@H]([C@@H](CC(=O)N1CCC[C@H]1[C@H](OC)[C@@H](C)C(=O)N[C@H](C)C(O)c1ccccc1)OC)N(C)C(=O)[C@@H](NC(=O)[C@H](C(C)C)[N+](C)(C)[O-])C(C)C. The normalized spacial score (nSPS) is 20.2. The van der Waals surface area contributed by atoms with Crippen LogP contribution in [-0.2, 0) is 28.7 Å². The second kappa shape index (κ2) is 20.5. The number of benzene rings is 1. The topological polar surface area (TPSA) is 161 Å². The van der Waals surface area contributed by atoms with Gasteiger partial charge in [0, 0.05) is 33.7 Å². The quantitative estimate of drug-likeness (QED) is 0.134. The molecule has 0 spiro atoms. The molecule has 0 aliphatic carbocycles. The molecule has 53 heavy (non-hydrogen) atoms. The summed E-state index contributed by atoms with van der Waals surface area (Å²) in [5, 5.41) is 29.5. The lowest BCUT2D eigenvalue weighted by atomic mass is 9.89. The zero-order valence-electron chi connectivity index (χ0n) is 34.5. The molecule has 13 nitrogen and oxygen atoms in total. The fraction of sp³-hybridized carbons (Fsp3) is 0.750. The van der Waals surface area contributed by atoms with Gasteiger partial charge in [-0.15, -0.1) is 0 Å². The van der Waals surface area contributed by atoms with E-state index in [0.29, 0.717) is 24.9 Å². The van der Waals surface area contributed by atoms with Crippen LogP contribution in [0, 0.1) is 28.9 Å². The number of aliphatic hydroxyl groups excluding tert-OH is 1. The van der Waals surface area contributed by atoms with E-state index in [4.69, 9.17) is 9.47 Å². The zero-order valence-corrected chi connectivity index (χ0v) is 34.5. The number of likely N-dealkylation sites (tertiary alicyclic amines) is 1. The van der Waals surface area contributed by atoms with Crippen molar-refractivity contribution in [1.29, 1.82) is 0 Å². The van der Waals surface area contributed by atoms with Gasteiger partial charge in [-0.3, -0.25) is 19.2 Å². The van der Waals surface area contributed by atoms with Crippen molar-refractivity contribution < 1.29 is 38.4 Å². The summed E-state index contributed by atoms with van der Waals surface area (Å²) >= 11 is 0. The lowest BCUT2D eigenvalue weighted by Crippen LogP contribution is -2.61. The minimum atomic E-state index is -0.897. The summed E-state index contributed by atoms with van der Waals surface area (Å²) < 4.78 is 11.1. The number of amides is 4. The van der Waals surface area contributed by atoms with E-state index in [1.165, 1.54) is 21.2 Å². The number of quaternary nitrogens is 1. The summed E-state index contributed by atoms with van der Waals surface area (Å²) in [5.74, 6) is -2.46. The Morgan fingerprint density at radius 1 is 0.962 bits per heavy atom. The van der Waals surface area contributed by atoms with E-state index in [9.17, 15) is 29.5 Å². The van der Waals surface area contributed by atoms with E-state index >= 15 is 0 Å². The molecule has 302 valence electrons. The molecule has 0 bridgehead atoms. The van der Waals surface area contributed by atoms with Gasteiger partial charge in [0.05, 0.1) is 62.9 Å². The summed E-state index contributed by atoms with van der Waals surface area (Å²) in [4.78, 5) is 58.6. The molecule has 10 atom stereocenters. The maximum Gasteiger partial charge on any atom is 0.279 e. The highest BCUT2D eigenvalue weighted by atomic mass is 16.5. The Morgan fingerprint density at radius 2 is 1.57 bits per heavy atom. The molecule has 1 unspecified atom stereocenters. The van der Waals surface area contributed by atoms with Gasteiger partial charge in [0.2, 0.25) is 17.7 Å². The first-order chi connectivity index (χ1) is 24.7. The minimum Gasteiger partial charge on any atom is -0.633 e. The zero-order chi connectivity index (χ0) is 40.4. The van der Waals surface area contributed by atoms with E-state index in [1.807, 2.05) is 71.9 Å². The van der Waals surface area contributed by atoms with Crippen LogP contribution in [0.2, 0.25) is 0 Å². The number of hydroxylamine groups is 3. The van der Waals surface area contributed by atoms with Crippen molar-refractivity contribution >= 4 is 23.6 Å². The van der Waals surface area contributed by atoms with Crippen LogP contribution in [-0.4, -0.2) is 128 Å². The number of methoxy groups -OCH3 is 2. The summed E-state index contributed by atoms with van der Waals surface area (Å²) in [5.41, 5.74) is 0.700. The lowest BCUT2D eigenvalue weighted by Gasteiger charge is -2.44. The molecular weight excluding hydrogens is 678 g/mol. The first-order valence-corrected chi connectivity index (χ1v) is 19.2. The van der Waals surface area contributed by atoms with Crippen molar-refractivity contribution in [3.63, 3.8) is 0 Å². The third kappa shape index (κ3) is 11.9. The van der Waals surface area contributed by atoms with Crippen LogP contribution in [0.3, 0.4) is 0 Å². The van der Waals surface area contributed by atoms with Gasteiger partial charge in [-0.2, -0.15) is 0 Å². The Morgan fingerprint density at radius 3 is 2.06 bits per heavy atom. The highest BCUT2D eigenvalue weighted by Gasteiger charge is 2.44. The largest absolute Gasteiger partial charge is 0.633 e. The van der Waals surface area contributed by atoms with Gasteiger partial charge < -0.3 is 44.9 Å². The van der Waals surface area contributed by atoms with E-state index in [2.05, 4.69) is 10.6 Å². The highest BCUT2D eigenvalue weighted by molar-refractivity contribution is 5.90. The number of hydrogen-bond acceptors (Lipinski definition) is 8. The van der Waals surface area contributed by atoms with Crippen molar-refractivity contribution in [1.82, 2.24) is 20.4 Å². The molecule has 0 radical (unpaired) electrons. The van der Waals surface area contributed by atoms with Gasteiger partial charge in [0.15, 0.2) is 6.04 Å². The number of carbonyl (C=O) groups excluding carboxylic acids is 4. The molecule has 0 aromatic heterocycles. The molecule has 2 rings (SSSR count). The van der Waals surface area contributed by atoms with Crippen molar-refractivity contribution in [2.75, 3.05) is 41.9 Å². The summed E-state index contributed by atoms with van der Waals surface area (Å²) in [6, 6.07) is 5.94. The van der Waals surface area contributed by atoms with Crippen LogP contribution in [0.25, 0.3) is 0 Å². The van der Waals surface area contributed by atoms with E-state index < -0.39 is 59.0 Å². The fourth-order valence-corrected chi connectivity index (χ4v) is 7.95. The smallest absolute Gasteiger partial charge is 0.279 e. The monoisotopic (exact) mass is 748 g/mol. The molecule has 1 saturated heterocycles. The first-order valence-electron chi connectivity index (χ1n) is 19.2. The molecule has 3 N–H and O–H groups in total. The van der Waals surface area contributed by atoms with Crippen LogP contribution in [0.4, 0.5) is 0 Å². The molecule has 1 aliphatic heterocycles. The maximum atomic E-state index is 14.2. The molecule has 13 heteroatoms. The molecular formula is C40H69N5O8. The Hall–Kier alpha value is -3.10. The number of nitrogens with zero attached hydrogens (tertiary/aromatic N) is 3. The second-order valence-corrected chi connectivity index (χ2v) is 16.1. The van der Waals surface area contributed by atoms with Gasteiger partial charge in [-0.05, 0) is 37.2 Å². The predicted molar refractivity (Wildman–Crippen MR) is 206 cm³/mol. The Bertz CT molecular complexity index is 1320. The Balaban J connectivity index is 2.27. The van der Waals surface area contributed by atoms with Crippen LogP contribution in [0.5, 0.6) is 0 Å². The molecule has 1 aromatic rings. The van der Waals surface area contributed by atoms with Crippen molar-refractivity contribution in [2.24, 2.45) is 23.7 Å². The minimum absolute atomic E-state index is 0.00702. The van der Waals surface area contributed by atoms with Gasteiger partial charge in [0.25, 0.3) is 5.91 Å². The van der Waals surface area contributed by atoms with Crippen molar-refractivity contribution in [3.05, 3.63) is 41.1 Å². The molecule has 1 aromatic carbocycles. The molecule has 1 heterocycles. The fourth-order valence-electron chi connectivity index (χ4n) is 7.95. The predicted octanol–water partition coefficient (Wildman–Crippen LogP) is 3.88. The second-order valence-electron chi connectivity index (χ2n) is 16.1. The van der Waals surface area contributed by atoms with E-state index in [-0.39, 0.29) is 47.9 Å². The number of carbonyl (C=O) groups is 4. The van der Waals surface area contributed by atoms with Gasteiger partial charge >= 0.3 is 0 Å². The third-order valence-corrected chi connectivity index (χ3v) is 11.0. The molecule has 1 fully saturated rings. The molecule has 4 amide bonds. The number of likely N-dealkylation sites (N-methyl/N-ethyl adjacent to an activating group) is 2. The molecule has 1 aliphatic rings. The Labute approximate surface area is 318 Å². The maximum absolute atomic E-state index is 14.2. The van der Waals surface area contributed by atoms with Crippen LogP contribution in [0.15, 0.2) is 30.3 Å². The third-order valence-electron chi connectivity index (χ3n) is 11.0. The molecule has 0 saturated carbocycles. The van der Waals surface area contributed by atoms with Gasteiger partial charge in [0.1, 0.15) is 6.04 Å². The first kappa shape index (κ1) is 46.1. The van der Waals surface area contributed by atoms with E-state index in [1.54, 1.807) is 37.8 Å². The summed E-state index contributed by atoms with van der Waals surface area (Å²) in [7, 11) is 7.61. The van der Waals surface area contributed by atoms with Gasteiger partial charge in [-0.25, -0.2) is 0 Å². The lowest BCUT2D eigenvalue weighted by molar-refractivity contribution is -0.860. The highest BCUT2D eigenvalue weighted by Crippen LogP contribution is 2.30. The van der Waals surface area contributed by atoms with Crippen LogP contribution < -0.4 is 10.6 Å². The summed E-state index contributed by atoms with van der Waals surface area (Å²) in [6.07, 6.45) is -0.0623. The average molecular weight is 748 g/mol. The number of ether oxygens (including phenoxy) is 2. The standard InChI is InChI=1S/C40H69N5O8/c1-14-26(6)34(43(9)40(50)33(24(2)3)42-39(49)35(25(4)5)45(10,11)51)31(52-12)23-32(46)44-22-18-21-30(44)37(53-13)27(7)38(48)41-28(8)36(47)29-19-16-15-17-20-29/h15-17,19-20,24-28,30-31,33-37,47H,14,18,21-23H2,1-13H3,(H,41,48)(H,42,49)/t26-,27+,28+,30-,31+,33-,34-,35-,36?,37+/m0/s1. The summed E-state index contributed by atoms with van der Waals surface area (Å²) in [6.45, 7) is 15.4. The van der Waals surface area contributed by atoms with Crippen LogP contribution in [0.1, 0.15) is 92.7 Å². The van der Waals surface area contributed by atoms with Gasteiger partial charge in [-0.1, -0.05) is 85.2 Å².